The summed E-state index contributed by atoms with van der Waals surface area (Å²) in [4.78, 5) is 31.5. The molecule has 0 aliphatic heterocycles. The van der Waals surface area contributed by atoms with E-state index in [0.717, 1.165) is 11.1 Å². The maximum atomic E-state index is 11.8. The molecule has 7 heteroatoms. The summed E-state index contributed by atoms with van der Waals surface area (Å²) in [6.07, 6.45) is 2.53. The maximum absolute atomic E-state index is 11.8. The van der Waals surface area contributed by atoms with Crippen LogP contribution in [-0.2, 0) is 16.0 Å². The van der Waals surface area contributed by atoms with Crippen LogP contribution in [-0.4, -0.2) is 38.8 Å². The van der Waals surface area contributed by atoms with Crippen LogP contribution >= 0.6 is 0 Å². The molecule has 2 N–H and O–H groups in total. The van der Waals surface area contributed by atoms with E-state index in [2.05, 4.69) is 15.3 Å². The lowest BCUT2D eigenvalue weighted by atomic mass is 10.1. The molecule has 0 spiro atoms. The van der Waals surface area contributed by atoms with E-state index >= 15 is 0 Å². The van der Waals surface area contributed by atoms with Crippen molar-refractivity contribution < 1.29 is 19.4 Å². The highest BCUT2D eigenvalue weighted by atomic mass is 16.6. The van der Waals surface area contributed by atoms with Crippen molar-refractivity contribution in [2.75, 3.05) is 0 Å². The minimum atomic E-state index is -1.13. The van der Waals surface area contributed by atoms with Crippen LogP contribution in [0.1, 0.15) is 26.3 Å². The highest BCUT2D eigenvalue weighted by Crippen LogP contribution is 2.13. The summed E-state index contributed by atoms with van der Waals surface area (Å²) >= 11 is 0. The van der Waals surface area contributed by atoms with Gasteiger partial charge in [-0.1, -0.05) is 6.07 Å². The van der Waals surface area contributed by atoms with Gasteiger partial charge in [-0.3, -0.25) is 9.97 Å². The number of carboxylic acids is 1. The second-order valence-corrected chi connectivity index (χ2v) is 6.12. The third-order valence-electron chi connectivity index (χ3n) is 2.96. The summed E-state index contributed by atoms with van der Waals surface area (Å²) in [5.41, 5.74) is 1.45. The molecule has 1 amide bonds. The molecule has 0 saturated heterocycles. The fourth-order valence-corrected chi connectivity index (χ4v) is 2.02. The van der Waals surface area contributed by atoms with Crippen molar-refractivity contribution in [2.24, 2.45) is 0 Å². The Morgan fingerprint density at radius 1 is 1.22 bits per heavy atom. The summed E-state index contributed by atoms with van der Waals surface area (Å²) < 4.78 is 5.09. The number of carbonyl (C=O) groups excluding carboxylic acids is 1. The van der Waals surface area contributed by atoms with E-state index < -0.39 is 23.7 Å². The number of carboxylic acid groups (broad SMARTS) is 1. The molecule has 2 rings (SSSR count). The highest BCUT2D eigenvalue weighted by molar-refractivity contribution is 5.81. The van der Waals surface area contributed by atoms with Crippen LogP contribution in [0.5, 0.6) is 0 Å². The first-order valence-corrected chi connectivity index (χ1v) is 7.16. The molecule has 0 aliphatic carbocycles. The van der Waals surface area contributed by atoms with Crippen LogP contribution in [0.4, 0.5) is 4.79 Å². The van der Waals surface area contributed by atoms with E-state index in [1.54, 1.807) is 51.4 Å². The van der Waals surface area contributed by atoms with Crippen LogP contribution in [0, 0.1) is 0 Å². The number of rotatable bonds is 4. The number of alkyl carbamates (subject to hydrolysis) is 1. The van der Waals surface area contributed by atoms with Crippen molar-refractivity contribution in [2.45, 2.75) is 38.8 Å². The largest absolute Gasteiger partial charge is 0.480 e. The first-order chi connectivity index (χ1) is 10.7. The van der Waals surface area contributed by atoms with Gasteiger partial charge in [0.1, 0.15) is 11.6 Å². The van der Waals surface area contributed by atoms with Crippen molar-refractivity contribution >= 4 is 23.1 Å². The number of nitrogens with one attached hydrogen (secondary N) is 1. The van der Waals surface area contributed by atoms with E-state index in [0.29, 0.717) is 5.52 Å². The minimum absolute atomic E-state index is 0.126. The van der Waals surface area contributed by atoms with Gasteiger partial charge < -0.3 is 15.2 Å². The Labute approximate surface area is 133 Å². The predicted molar refractivity (Wildman–Crippen MR) is 84.0 cm³/mol. The molecule has 1 aromatic carbocycles. The van der Waals surface area contributed by atoms with Crippen molar-refractivity contribution in [3.63, 3.8) is 0 Å². The number of amides is 1. The third kappa shape index (κ3) is 4.91. The van der Waals surface area contributed by atoms with Crippen LogP contribution in [0.15, 0.2) is 30.6 Å². The molecule has 0 bridgehead atoms. The standard InChI is InChI=1S/C16H19N3O4/c1-16(2,3)23-15(22)19-13(14(20)21)9-10-4-5-11-12(8-10)18-7-6-17-11/h4-8,13H,9H2,1-3H3,(H,19,22)(H,20,21). The number of aromatic nitrogens is 2. The molecule has 0 fully saturated rings. The van der Waals surface area contributed by atoms with Gasteiger partial charge in [0.25, 0.3) is 0 Å². The molecule has 1 aromatic heterocycles. The van der Waals surface area contributed by atoms with Gasteiger partial charge in [-0.15, -0.1) is 0 Å². The third-order valence-corrected chi connectivity index (χ3v) is 2.96. The molecule has 0 aliphatic rings. The van der Waals surface area contributed by atoms with Crippen molar-refractivity contribution in [3.8, 4) is 0 Å². The minimum Gasteiger partial charge on any atom is -0.480 e. The zero-order valence-electron chi connectivity index (χ0n) is 13.2. The number of carbonyl (C=O) groups is 2. The topological polar surface area (TPSA) is 101 Å². The average Bonchev–Trinajstić information content (AvgIpc) is 2.44. The molecule has 1 unspecified atom stereocenters. The molecular formula is C16H19N3O4. The second kappa shape index (κ2) is 6.60. The van der Waals surface area contributed by atoms with Crippen LogP contribution < -0.4 is 5.32 Å². The summed E-state index contributed by atoms with van der Waals surface area (Å²) in [6.45, 7) is 5.14. The van der Waals surface area contributed by atoms with Gasteiger partial charge >= 0.3 is 12.1 Å². The van der Waals surface area contributed by atoms with Crippen molar-refractivity contribution in [1.82, 2.24) is 15.3 Å². The smallest absolute Gasteiger partial charge is 0.408 e. The lowest BCUT2D eigenvalue weighted by molar-refractivity contribution is -0.139. The van der Waals surface area contributed by atoms with Crippen molar-refractivity contribution in [3.05, 3.63) is 36.2 Å². The Morgan fingerprint density at radius 3 is 2.48 bits per heavy atom. The summed E-state index contributed by atoms with van der Waals surface area (Å²) in [5.74, 6) is -1.13. The van der Waals surface area contributed by atoms with Crippen LogP contribution in [0.3, 0.4) is 0 Å². The van der Waals surface area contributed by atoms with Crippen molar-refractivity contribution in [1.29, 1.82) is 0 Å². The molecule has 1 heterocycles. The summed E-state index contributed by atoms with van der Waals surface area (Å²) in [5, 5.41) is 11.7. The first-order valence-electron chi connectivity index (χ1n) is 7.16. The summed E-state index contributed by atoms with van der Waals surface area (Å²) in [6, 6.07) is 4.21. The summed E-state index contributed by atoms with van der Waals surface area (Å²) in [7, 11) is 0. The Hall–Kier alpha value is -2.70. The molecular weight excluding hydrogens is 298 g/mol. The number of ether oxygens (including phenoxy) is 1. The van der Waals surface area contributed by atoms with Gasteiger partial charge in [0, 0.05) is 18.8 Å². The average molecular weight is 317 g/mol. The Bertz CT molecular complexity index is 725. The van der Waals surface area contributed by atoms with Gasteiger partial charge in [0.2, 0.25) is 0 Å². The zero-order chi connectivity index (χ0) is 17.0. The Morgan fingerprint density at radius 2 is 1.87 bits per heavy atom. The number of aliphatic carboxylic acids is 1. The Kier molecular flexibility index (Phi) is 4.78. The number of fused-ring (bicyclic) bond motifs is 1. The maximum Gasteiger partial charge on any atom is 0.408 e. The molecule has 2 aromatic rings. The number of hydrogen-bond acceptors (Lipinski definition) is 5. The van der Waals surface area contributed by atoms with E-state index in [1.165, 1.54) is 0 Å². The molecule has 7 nitrogen and oxygen atoms in total. The van der Waals surface area contributed by atoms with E-state index in [1.807, 2.05) is 0 Å². The molecule has 1 atom stereocenters. The second-order valence-electron chi connectivity index (χ2n) is 6.12. The fraction of sp³-hybridized carbons (Fsp3) is 0.375. The Balaban J connectivity index is 2.11. The van der Waals surface area contributed by atoms with Crippen LogP contribution in [0.2, 0.25) is 0 Å². The lowest BCUT2D eigenvalue weighted by Gasteiger charge is -2.22. The van der Waals surface area contributed by atoms with Gasteiger partial charge in [-0.05, 0) is 38.5 Å². The highest BCUT2D eigenvalue weighted by Gasteiger charge is 2.24. The quantitative estimate of drug-likeness (QED) is 0.896. The molecule has 122 valence electrons. The van der Waals surface area contributed by atoms with Crippen LogP contribution in [0.25, 0.3) is 11.0 Å². The van der Waals surface area contributed by atoms with Gasteiger partial charge in [-0.25, -0.2) is 9.59 Å². The predicted octanol–water partition coefficient (Wildman–Crippen LogP) is 2.15. The van der Waals surface area contributed by atoms with Gasteiger partial charge in [0.05, 0.1) is 11.0 Å². The van der Waals surface area contributed by atoms with Gasteiger partial charge in [0.15, 0.2) is 0 Å². The fourth-order valence-electron chi connectivity index (χ4n) is 2.02. The van der Waals surface area contributed by atoms with E-state index in [9.17, 15) is 14.7 Å². The number of benzene rings is 1. The van der Waals surface area contributed by atoms with E-state index in [4.69, 9.17) is 4.74 Å². The molecule has 0 saturated carbocycles. The SMILES string of the molecule is CC(C)(C)OC(=O)NC(Cc1ccc2nccnc2c1)C(=O)O. The lowest BCUT2D eigenvalue weighted by Crippen LogP contribution is -2.44. The number of hydrogen-bond donors (Lipinski definition) is 2. The monoisotopic (exact) mass is 317 g/mol. The first kappa shape index (κ1) is 16.7. The van der Waals surface area contributed by atoms with Gasteiger partial charge in [-0.2, -0.15) is 0 Å². The molecule has 23 heavy (non-hydrogen) atoms. The normalized spacial score (nSPS) is 12.7. The molecule has 0 radical (unpaired) electrons. The zero-order valence-corrected chi connectivity index (χ0v) is 13.2. The van der Waals surface area contributed by atoms with E-state index in [-0.39, 0.29) is 6.42 Å². The number of nitrogens with zero attached hydrogens (tertiary/aromatic N) is 2.